The van der Waals surface area contributed by atoms with Gasteiger partial charge in [0.05, 0.1) is 16.5 Å². The van der Waals surface area contributed by atoms with Gasteiger partial charge in [0, 0.05) is 18.1 Å². The maximum absolute atomic E-state index is 12.9. The second-order valence-corrected chi connectivity index (χ2v) is 7.10. The number of nitrogen functional groups attached to an aromatic ring is 1. The fourth-order valence-electron chi connectivity index (χ4n) is 2.79. The number of hydrogen-bond acceptors (Lipinski definition) is 5. The summed E-state index contributed by atoms with van der Waals surface area (Å²) >= 11 is 4.66. The van der Waals surface area contributed by atoms with Gasteiger partial charge < -0.3 is 11.1 Å². The third-order valence-corrected chi connectivity index (χ3v) is 4.82. The Labute approximate surface area is 164 Å². The minimum Gasteiger partial charge on any atom is -0.384 e. The summed E-state index contributed by atoms with van der Waals surface area (Å²) in [5.41, 5.74) is 9.57. The lowest BCUT2D eigenvalue weighted by Gasteiger charge is -2.15. The normalized spacial score (nSPS) is 12.0. The number of nitrogens with zero attached hydrogens (tertiary/aromatic N) is 2. The molecule has 1 aromatic carbocycles. The van der Waals surface area contributed by atoms with E-state index in [1.54, 1.807) is 30.6 Å². The highest BCUT2D eigenvalue weighted by Gasteiger charge is 2.20. The SMILES string of the molecule is CC(C)c1cccc(NC(=O)c2cccnc2C(S)c2ccnc(N)c2)c1. The minimum absolute atomic E-state index is 0.222. The first-order valence-electron chi connectivity index (χ1n) is 8.71. The first kappa shape index (κ1) is 18.9. The van der Waals surface area contributed by atoms with Crippen LogP contribution in [0.15, 0.2) is 60.9 Å². The lowest BCUT2D eigenvalue weighted by atomic mass is 10.0. The van der Waals surface area contributed by atoms with Gasteiger partial charge in [0.1, 0.15) is 5.82 Å². The van der Waals surface area contributed by atoms with Crippen molar-refractivity contribution in [3.8, 4) is 0 Å². The average molecular weight is 379 g/mol. The van der Waals surface area contributed by atoms with Gasteiger partial charge in [0.2, 0.25) is 0 Å². The van der Waals surface area contributed by atoms with Gasteiger partial charge in [0.15, 0.2) is 0 Å². The number of pyridine rings is 2. The Kier molecular flexibility index (Phi) is 5.76. The van der Waals surface area contributed by atoms with Crippen molar-refractivity contribution in [2.45, 2.75) is 25.0 Å². The smallest absolute Gasteiger partial charge is 0.257 e. The number of rotatable bonds is 5. The van der Waals surface area contributed by atoms with E-state index in [0.29, 0.717) is 23.0 Å². The summed E-state index contributed by atoms with van der Waals surface area (Å²) in [5.74, 6) is 0.564. The molecule has 5 nitrogen and oxygen atoms in total. The third kappa shape index (κ3) is 4.46. The molecule has 1 amide bonds. The Morgan fingerprint density at radius 3 is 2.59 bits per heavy atom. The van der Waals surface area contributed by atoms with Crippen molar-refractivity contribution in [3.63, 3.8) is 0 Å². The van der Waals surface area contributed by atoms with Gasteiger partial charge in [0.25, 0.3) is 5.91 Å². The molecule has 1 unspecified atom stereocenters. The van der Waals surface area contributed by atoms with Gasteiger partial charge in [-0.2, -0.15) is 12.6 Å². The minimum atomic E-state index is -0.390. The summed E-state index contributed by atoms with van der Waals surface area (Å²) in [5, 5.41) is 2.57. The highest BCUT2D eigenvalue weighted by molar-refractivity contribution is 7.80. The number of amides is 1. The third-order valence-electron chi connectivity index (χ3n) is 4.27. The molecule has 1 atom stereocenters. The van der Waals surface area contributed by atoms with Gasteiger partial charge in [-0.05, 0) is 53.4 Å². The fourth-order valence-corrected chi connectivity index (χ4v) is 3.16. The highest BCUT2D eigenvalue weighted by Crippen LogP contribution is 2.30. The van der Waals surface area contributed by atoms with Crippen LogP contribution in [0.5, 0.6) is 0 Å². The number of nitrogens with one attached hydrogen (secondary N) is 1. The lowest BCUT2D eigenvalue weighted by molar-refractivity contribution is 0.102. The molecular weight excluding hydrogens is 356 g/mol. The molecule has 0 aliphatic rings. The van der Waals surface area contributed by atoms with E-state index in [0.717, 1.165) is 11.3 Å². The van der Waals surface area contributed by atoms with Crippen molar-refractivity contribution in [2.24, 2.45) is 0 Å². The van der Waals surface area contributed by atoms with E-state index in [-0.39, 0.29) is 11.2 Å². The van der Waals surface area contributed by atoms with Crippen molar-refractivity contribution in [1.29, 1.82) is 0 Å². The molecule has 27 heavy (non-hydrogen) atoms. The van der Waals surface area contributed by atoms with Crippen LogP contribution in [-0.2, 0) is 0 Å². The monoisotopic (exact) mass is 378 g/mol. The zero-order chi connectivity index (χ0) is 19.4. The molecule has 6 heteroatoms. The molecular formula is C21H22N4OS. The average Bonchev–Trinajstić information content (AvgIpc) is 2.67. The molecule has 3 rings (SSSR count). The number of anilines is 2. The predicted molar refractivity (Wildman–Crippen MR) is 112 cm³/mol. The van der Waals surface area contributed by atoms with E-state index in [9.17, 15) is 4.79 Å². The maximum atomic E-state index is 12.9. The molecule has 0 fully saturated rings. The van der Waals surface area contributed by atoms with Gasteiger partial charge in [-0.25, -0.2) is 4.98 Å². The first-order chi connectivity index (χ1) is 13.0. The number of hydrogen-bond donors (Lipinski definition) is 3. The second kappa shape index (κ2) is 8.22. The van der Waals surface area contributed by atoms with E-state index in [1.165, 1.54) is 5.56 Å². The molecule has 138 valence electrons. The van der Waals surface area contributed by atoms with Crippen molar-refractivity contribution >= 4 is 30.0 Å². The fraction of sp³-hybridized carbons (Fsp3) is 0.190. The number of benzene rings is 1. The number of carbonyl (C=O) groups excluding carboxylic acids is 1. The quantitative estimate of drug-likeness (QED) is 0.573. The largest absolute Gasteiger partial charge is 0.384 e. The van der Waals surface area contributed by atoms with E-state index in [4.69, 9.17) is 5.73 Å². The van der Waals surface area contributed by atoms with Crippen LogP contribution in [0.2, 0.25) is 0 Å². The molecule has 0 spiro atoms. The molecule has 0 radical (unpaired) electrons. The summed E-state index contributed by atoms with van der Waals surface area (Å²) in [6.45, 7) is 4.23. The van der Waals surface area contributed by atoms with Crippen molar-refractivity contribution in [1.82, 2.24) is 9.97 Å². The predicted octanol–water partition coefficient (Wildman–Crippen LogP) is 4.45. The summed E-state index contributed by atoms with van der Waals surface area (Å²) in [7, 11) is 0. The molecule has 2 aromatic heterocycles. The van der Waals surface area contributed by atoms with Gasteiger partial charge >= 0.3 is 0 Å². The Morgan fingerprint density at radius 2 is 1.85 bits per heavy atom. The maximum Gasteiger partial charge on any atom is 0.257 e. The number of carbonyl (C=O) groups is 1. The van der Waals surface area contributed by atoms with Crippen LogP contribution in [0, 0.1) is 0 Å². The van der Waals surface area contributed by atoms with Crippen molar-refractivity contribution in [3.05, 3.63) is 83.3 Å². The van der Waals surface area contributed by atoms with Crippen molar-refractivity contribution < 1.29 is 4.79 Å². The lowest BCUT2D eigenvalue weighted by Crippen LogP contribution is -2.16. The Balaban J connectivity index is 1.89. The number of aromatic nitrogens is 2. The van der Waals surface area contributed by atoms with Crippen LogP contribution in [0.1, 0.15) is 52.2 Å². The van der Waals surface area contributed by atoms with Crippen LogP contribution in [0.4, 0.5) is 11.5 Å². The Bertz CT molecular complexity index is 958. The summed E-state index contributed by atoms with van der Waals surface area (Å²) in [4.78, 5) is 21.3. The number of thiol groups is 1. The molecule has 0 saturated heterocycles. The molecule has 0 aliphatic heterocycles. The summed E-state index contributed by atoms with van der Waals surface area (Å²) in [6, 6.07) is 14.9. The highest BCUT2D eigenvalue weighted by atomic mass is 32.1. The molecule has 3 aromatic rings. The molecule has 0 saturated carbocycles. The van der Waals surface area contributed by atoms with Gasteiger partial charge in [-0.1, -0.05) is 26.0 Å². The standard InChI is InChI=1S/C21H22N4OS/c1-13(2)14-5-3-6-16(11-14)25-21(26)17-7-4-9-24-19(17)20(27)15-8-10-23-18(22)12-15/h3-13,20,27H,1-2H3,(H2,22,23)(H,25,26). The summed E-state index contributed by atoms with van der Waals surface area (Å²) < 4.78 is 0. The zero-order valence-electron chi connectivity index (χ0n) is 15.3. The Hall–Kier alpha value is -2.86. The van der Waals surface area contributed by atoms with E-state index >= 15 is 0 Å². The molecule has 3 N–H and O–H groups in total. The van der Waals surface area contributed by atoms with Gasteiger partial charge in [-0.3, -0.25) is 9.78 Å². The molecule has 2 heterocycles. The van der Waals surface area contributed by atoms with E-state index in [1.807, 2.05) is 30.3 Å². The van der Waals surface area contributed by atoms with E-state index in [2.05, 4.69) is 41.8 Å². The number of nitrogens with two attached hydrogens (primary N) is 1. The van der Waals surface area contributed by atoms with Gasteiger partial charge in [-0.15, -0.1) is 0 Å². The summed E-state index contributed by atoms with van der Waals surface area (Å²) in [6.07, 6.45) is 3.27. The van der Waals surface area contributed by atoms with Crippen LogP contribution in [0.3, 0.4) is 0 Å². The van der Waals surface area contributed by atoms with Crippen LogP contribution in [0.25, 0.3) is 0 Å². The van der Waals surface area contributed by atoms with E-state index < -0.39 is 0 Å². The molecule has 0 aliphatic carbocycles. The second-order valence-electron chi connectivity index (χ2n) is 6.59. The first-order valence-corrected chi connectivity index (χ1v) is 9.23. The van der Waals surface area contributed by atoms with Crippen LogP contribution in [-0.4, -0.2) is 15.9 Å². The van der Waals surface area contributed by atoms with Crippen LogP contribution >= 0.6 is 12.6 Å². The van der Waals surface area contributed by atoms with Crippen molar-refractivity contribution in [2.75, 3.05) is 11.1 Å². The zero-order valence-corrected chi connectivity index (χ0v) is 16.1. The Morgan fingerprint density at radius 1 is 1.04 bits per heavy atom. The molecule has 0 bridgehead atoms. The van der Waals surface area contributed by atoms with Crippen LogP contribution < -0.4 is 11.1 Å². The topological polar surface area (TPSA) is 80.9 Å².